The lowest BCUT2D eigenvalue weighted by Crippen LogP contribution is -2.49. The third-order valence-electron chi connectivity index (χ3n) is 5.36. The molecule has 2 fully saturated rings. The second-order valence-electron chi connectivity index (χ2n) is 6.96. The van der Waals surface area contributed by atoms with Crippen molar-refractivity contribution in [2.75, 3.05) is 13.1 Å². The molecule has 1 saturated heterocycles. The Bertz CT molecular complexity index is 703. The Morgan fingerprint density at radius 2 is 1.67 bits per heavy atom. The summed E-state index contributed by atoms with van der Waals surface area (Å²) >= 11 is 0. The van der Waals surface area contributed by atoms with Gasteiger partial charge < -0.3 is 9.80 Å². The van der Waals surface area contributed by atoms with Gasteiger partial charge >= 0.3 is 0 Å². The van der Waals surface area contributed by atoms with E-state index < -0.39 is 17.7 Å². The minimum Gasteiger partial charge on any atom is -0.336 e. The van der Waals surface area contributed by atoms with Gasteiger partial charge in [-0.2, -0.15) is 0 Å². The molecule has 1 saturated carbocycles. The van der Waals surface area contributed by atoms with Gasteiger partial charge in [0.25, 0.3) is 0 Å². The normalized spacial score (nSPS) is 23.3. The Labute approximate surface area is 139 Å². The lowest BCUT2D eigenvalue weighted by atomic mass is 9.97. The summed E-state index contributed by atoms with van der Waals surface area (Å²) in [6.07, 6.45) is 3.62. The van der Waals surface area contributed by atoms with Crippen molar-refractivity contribution in [1.82, 2.24) is 9.80 Å². The number of likely N-dealkylation sites (tertiary alicyclic amines) is 1. The first kappa shape index (κ1) is 15.5. The van der Waals surface area contributed by atoms with Crippen molar-refractivity contribution in [3.05, 3.63) is 34.9 Å². The number of nitrogens with zero attached hydrogens (tertiary/aromatic N) is 2. The Morgan fingerprint density at radius 1 is 0.958 bits per heavy atom. The van der Waals surface area contributed by atoms with E-state index in [0.29, 0.717) is 31.5 Å². The fraction of sp³-hybridized carbons (Fsp3) is 0.556. The molecule has 4 nitrogen and oxygen atoms in total. The molecule has 3 aliphatic rings. The molecule has 0 bridgehead atoms. The molecular formula is C18H20F2N2O2. The van der Waals surface area contributed by atoms with Gasteiger partial charge in [0, 0.05) is 31.1 Å². The molecule has 2 aliphatic heterocycles. The molecule has 1 aromatic carbocycles. The van der Waals surface area contributed by atoms with Gasteiger partial charge in [-0.3, -0.25) is 9.59 Å². The molecule has 0 aromatic heterocycles. The molecule has 2 heterocycles. The van der Waals surface area contributed by atoms with Crippen molar-refractivity contribution in [3.63, 3.8) is 0 Å². The molecule has 1 aromatic rings. The molecule has 128 valence electrons. The van der Waals surface area contributed by atoms with Crippen LogP contribution in [0.3, 0.4) is 0 Å². The van der Waals surface area contributed by atoms with Crippen LogP contribution in [-0.4, -0.2) is 40.7 Å². The molecule has 0 unspecified atom stereocenters. The zero-order valence-corrected chi connectivity index (χ0v) is 13.4. The SMILES string of the molecule is O=C([C@H]1CCCN1C(=O)C1CC1)N1CCc2c(F)ccc(F)c2C1. The zero-order chi connectivity index (χ0) is 16.8. The number of rotatable bonds is 2. The highest BCUT2D eigenvalue weighted by Crippen LogP contribution is 2.34. The van der Waals surface area contributed by atoms with Gasteiger partial charge in [-0.15, -0.1) is 0 Å². The Morgan fingerprint density at radius 3 is 2.38 bits per heavy atom. The van der Waals surface area contributed by atoms with E-state index in [9.17, 15) is 18.4 Å². The first-order chi connectivity index (χ1) is 11.6. The summed E-state index contributed by atoms with van der Waals surface area (Å²) in [5.41, 5.74) is 0.643. The quantitative estimate of drug-likeness (QED) is 0.832. The third-order valence-corrected chi connectivity index (χ3v) is 5.36. The van der Waals surface area contributed by atoms with Crippen LogP contribution in [0.5, 0.6) is 0 Å². The lowest BCUT2D eigenvalue weighted by Gasteiger charge is -2.34. The minimum absolute atomic E-state index is 0.0831. The maximum absolute atomic E-state index is 14.0. The third kappa shape index (κ3) is 2.58. The van der Waals surface area contributed by atoms with Crippen molar-refractivity contribution in [2.24, 2.45) is 5.92 Å². The molecule has 0 N–H and O–H groups in total. The monoisotopic (exact) mass is 334 g/mol. The van der Waals surface area contributed by atoms with Crippen LogP contribution < -0.4 is 0 Å². The van der Waals surface area contributed by atoms with Gasteiger partial charge in [0.15, 0.2) is 0 Å². The number of halogens is 2. The molecule has 4 rings (SSSR count). The van der Waals surface area contributed by atoms with E-state index in [1.54, 1.807) is 9.80 Å². The number of carbonyl (C=O) groups excluding carboxylic acids is 2. The maximum atomic E-state index is 14.0. The number of fused-ring (bicyclic) bond motifs is 1. The predicted molar refractivity (Wildman–Crippen MR) is 82.9 cm³/mol. The van der Waals surface area contributed by atoms with Gasteiger partial charge in [0.1, 0.15) is 17.7 Å². The smallest absolute Gasteiger partial charge is 0.245 e. The maximum Gasteiger partial charge on any atom is 0.245 e. The number of carbonyl (C=O) groups is 2. The van der Waals surface area contributed by atoms with Gasteiger partial charge in [0.05, 0.1) is 0 Å². The van der Waals surface area contributed by atoms with Crippen molar-refractivity contribution in [2.45, 2.75) is 44.7 Å². The van der Waals surface area contributed by atoms with Gasteiger partial charge in [-0.1, -0.05) is 0 Å². The summed E-state index contributed by atoms with van der Waals surface area (Å²) in [5.74, 6) is -0.838. The Kier molecular flexibility index (Phi) is 3.77. The van der Waals surface area contributed by atoms with Crippen LogP contribution in [0.4, 0.5) is 8.78 Å². The average molecular weight is 334 g/mol. The second-order valence-corrected chi connectivity index (χ2v) is 6.96. The lowest BCUT2D eigenvalue weighted by molar-refractivity contribution is -0.145. The van der Waals surface area contributed by atoms with Crippen LogP contribution in [-0.2, 0) is 22.6 Å². The van der Waals surface area contributed by atoms with E-state index in [4.69, 9.17) is 0 Å². The number of hydrogen-bond donors (Lipinski definition) is 0. The first-order valence-electron chi connectivity index (χ1n) is 8.61. The van der Waals surface area contributed by atoms with Crippen LogP contribution >= 0.6 is 0 Å². The largest absolute Gasteiger partial charge is 0.336 e. The highest BCUT2D eigenvalue weighted by molar-refractivity contribution is 5.90. The topological polar surface area (TPSA) is 40.6 Å². The highest BCUT2D eigenvalue weighted by atomic mass is 19.1. The molecule has 2 amide bonds. The van der Waals surface area contributed by atoms with Crippen molar-refractivity contribution in [1.29, 1.82) is 0 Å². The summed E-state index contributed by atoms with van der Waals surface area (Å²) in [6.45, 7) is 1.08. The van der Waals surface area contributed by atoms with Crippen molar-refractivity contribution in [3.8, 4) is 0 Å². The van der Waals surface area contributed by atoms with Gasteiger partial charge in [0.2, 0.25) is 11.8 Å². The molecule has 0 spiro atoms. The molecule has 1 atom stereocenters. The highest BCUT2D eigenvalue weighted by Gasteiger charge is 2.42. The van der Waals surface area contributed by atoms with Crippen LogP contribution in [0.25, 0.3) is 0 Å². The van der Waals surface area contributed by atoms with Crippen LogP contribution in [0.15, 0.2) is 12.1 Å². The summed E-state index contributed by atoms with van der Waals surface area (Å²) in [7, 11) is 0. The number of amides is 2. The second kappa shape index (κ2) is 5.83. The molecular weight excluding hydrogens is 314 g/mol. The van der Waals surface area contributed by atoms with E-state index in [-0.39, 0.29) is 29.8 Å². The van der Waals surface area contributed by atoms with Gasteiger partial charge in [-0.25, -0.2) is 8.78 Å². The van der Waals surface area contributed by atoms with E-state index in [1.807, 2.05) is 0 Å². The Hall–Kier alpha value is -1.98. The summed E-state index contributed by atoms with van der Waals surface area (Å²) < 4.78 is 27.8. The standard InChI is InChI=1S/C18H20F2N2O2/c19-14-5-6-15(20)13-10-21(9-7-12(13)14)18(24)16-2-1-8-22(16)17(23)11-3-4-11/h5-6,11,16H,1-4,7-10H2/t16-/m1/s1. The molecule has 6 heteroatoms. The average Bonchev–Trinajstić information content (AvgIpc) is 3.33. The van der Waals surface area contributed by atoms with Crippen LogP contribution in [0.1, 0.15) is 36.8 Å². The van der Waals surface area contributed by atoms with Crippen LogP contribution in [0.2, 0.25) is 0 Å². The molecule has 24 heavy (non-hydrogen) atoms. The van der Waals surface area contributed by atoms with E-state index in [2.05, 4.69) is 0 Å². The van der Waals surface area contributed by atoms with Crippen molar-refractivity contribution < 1.29 is 18.4 Å². The fourth-order valence-corrected chi connectivity index (χ4v) is 3.84. The van der Waals surface area contributed by atoms with E-state index >= 15 is 0 Å². The molecule has 0 radical (unpaired) electrons. The van der Waals surface area contributed by atoms with Crippen molar-refractivity contribution >= 4 is 11.8 Å². The number of benzene rings is 1. The summed E-state index contributed by atoms with van der Waals surface area (Å²) in [6, 6.07) is 1.82. The van der Waals surface area contributed by atoms with Gasteiger partial charge in [-0.05, 0) is 49.8 Å². The Balaban J connectivity index is 1.52. The minimum atomic E-state index is -0.471. The van der Waals surface area contributed by atoms with E-state index in [1.165, 1.54) is 0 Å². The molecule has 1 aliphatic carbocycles. The first-order valence-corrected chi connectivity index (χ1v) is 8.61. The van der Waals surface area contributed by atoms with E-state index in [0.717, 1.165) is 31.4 Å². The number of hydrogen-bond acceptors (Lipinski definition) is 2. The van der Waals surface area contributed by atoms with Crippen LogP contribution in [0, 0.1) is 17.6 Å². The predicted octanol–water partition coefficient (Wildman–Crippen LogP) is 2.25. The summed E-state index contributed by atoms with van der Waals surface area (Å²) in [4.78, 5) is 28.5. The fourth-order valence-electron chi connectivity index (χ4n) is 3.84. The zero-order valence-electron chi connectivity index (χ0n) is 13.4. The summed E-state index contributed by atoms with van der Waals surface area (Å²) in [5, 5.41) is 0.